The molecule has 0 unspecified atom stereocenters. The third kappa shape index (κ3) is 2.94. The number of hydrogen-bond donors (Lipinski definition) is 2. The van der Waals surface area contributed by atoms with Gasteiger partial charge in [-0.15, -0.1) is 0 Å². The van der Waals surface area contributed by atoms with Crippen LogP contribution < -0.4 is 11.1 Å². The number of anilines is 1. The van der Waals surface area contributed by atoms with Crippen LogP contribution in [0, 0.1) is 0 Å². The summed E-state index contributed by atoms with van der Waals surface area (Å²) in [7, 11) is 0. The second-order valence-corrected chi connectivity index (χ2v) is 3.18. The summed E-state index contributed by atoms with van der Waals surface area (Å²) < 4.78 is 0. The molecule has 86 valence electrons. The lowest BCUT2D eigenvalue weighted by Gasteiger charge is -2.03. The molecule has 0 radical (unpaired) electrons. The molecule has 7 heteroatoms. The maximum absolute atomic E-state index is 11.6. The zero-order chi connectivity index (χ0) is 12.1. The van der Waals surface area contributed by atoms with Crippen molar-refractivity contribution >= 4 is 11.9 Å². The summed E-state index contributed by atoms with van der Waals surface area (Å²) in [6, 6.07) is 1.71. The van der Waals surface area contributed by atoms with E-state index < -0.39 is 0 Å². The number of amides is 1. The van der Waals surface area contributed by atoms with Crippen molar-refractivity contribution in [1.29, 1.82) is 0 Å². The monoisotopic (exact) mass is 230 g/mol. The van der Waals surface area contributed by atoms with Crippen LogP contribution in [0.3, 0.4) is 0 Å². The first kappa shape index (κ1) is 10.9. The van der Waals surface area contributed by atoms with Crippen LogP contribution in [0.15, 0.2) is 30.9 Å². The standard InChI is InChI=1S/C10H10N6O/c11-10-15-4-7(5-16-10)9(17)14-6-8-12-2-1-3-13-8/h1-5H,6H2,(H,14,17)(H2,11,15,16). The molecule has 0 saturated carbocycles. The van der Waals surface area contributed by atoms with E-state index in [-0.39, 0.29) is 18.4 Å². The van der Waals surface area contributed by atoms with E-state index in [0.29, 0.717) is 11.4 Å². The van der Waals surface area contributed by atoms with E-state index in [0.717, 1.165) is 0 Å². The van der Waals surface area contributed by atoms with E-state index in [1.165, 1.54) is 12.4 Å². The topological polar surface area (TPSA) is 107 Å². The van der Waals surface area contributed by atoms with Gasteiger partial charge in [0.1, 0.15) is 5.82 Å². The highest BCUT2D eigenvalue weighted by atomic mass is 16.1. The Hall–Kier alpha value is -2.57. The Labute approximate surface area is 97.1 Å². The molecular weight excluding hydrogens is 220 g/mol. The summed E-state index contributed by atoms with van der Waals surface area (Å²) >= 11 is 0. The number of carbonyl (C=O) groups excluding carboxylic acids is 1. The minimum atomic E-state index is -0.294. The van der Waals surface area contributed by atoms with E-state index in [9.17, 15) is 4.79 Å². The Kier molecular flexibility index (Phi) is 3.20. The van der Waals surface area contributed by atoms with Gasteiger partial charge in [0.15, 0.2) is 0 Å². The number of nitrogens with zero attached hydrogens (tertiary/aromatic N) is 4. The molecule has 0 spiro atoms. The number of nitrogen functional groups attached to an aromatic ring is 1. The second kappa shape index (κ2) is 4.97. The zero-order valence-corrected chi connectivity index (χ0v) is 8.87. The third-order valence-electron chi connectivity index (χ3n) is 1.96. The van der Waals surface area contributed by atoms with Gasteiger partial charge in [-0.2, -0.15) is 0 Å². The van der Waals surface area contributed by atoms with Crippen LogP contribution in [0.25, 0.3) is 0 Å². The van der Waals surface area contributed by atoms with Gasteiger partial charge in [0.05, 0.1) is 12.1 Å². The van der Waals surface area contributed by atoms with Crippen molar-refractivity contribution in [2.45, 2.75) is 6.54 Å². The quantitative estimate of drug-likeness (QED) is 0.754. The van der Waals surface area contributed by atoms with Crippen LogP contribution in [0.5, 0.6) is 0 Å². The van der Waals surface area contributed by atoms with Gasteiger partial charge in [-0.25, -0.2) is 19.9 Å². The molecule has 2 aromatic rings. The fourth-order valence-electron chi connectivity index (χ4n) is 1.14. The van der Waals surface area contributed by atoms with Gasteiger partial charge in [0, 0.05) is 24.8 Å². The summed E-state index contributed by atoms with van der Waals surface area (Å²) in [5.74, 6) is 0.377. The average molecular weight is 230 g/mol. The number of nitrogens with one attached hydrogen (secondary N) is 1. The highest BCUT2D eigenvalue weighted by Gasteiger charge is 2.06. The van der Waals surface area contributed by atoms with Crippen LogP contribution in [0.2, 0.25) is 0 Å². The number of aromatic nitrogens is 4. The summed E-state index contributed by atoms with van der Waals surface area (Å²) in [5.41, 5.74) is 5.66. The van der Waals surface area contributed by atoms with Gasteiger partial charge in [0.2, 0.25) is 5.95 Å². The number of nitrogens with two attached hydrogens (primary N) is 1. The van der Waals surface area contributed by atoms with Crippen LogP contribution in [-0.4, -0.2) is 25.8 Å². The number of carbonyl (C=O) groups is 1. The molecule has 2 rings (SSSR count). The van der Waals surface area contributed by atoms with Crippen molar-refractivity contribution < 1.29 is 4.79 Å². The molecule has 0 aliphatic heterocycles. The highest BCUT2D eigenvalue weighted by Crippen LogP contribution is 1.97. The minimum absolute atomic E-state index is 0.132. The number of rotatable bonds is 3. The van der Waals surface area contributed by atoms with Crippen molar-refractivity contribution in [2.75, 3.05) is 5.73 Å². The first-order valence-electron chi connectivity index (χ1n) is 4.87. The molecule has 7 nitrogen and oxygen atoms in total. The molecule has 17 heavy (non-hydrogen) atoms. The molecule has 3 N–H and O–H groups in total. The Morgan fingerprint density at radius 3 is 2.47 bits per heavy atom. The zero-order valence-electron chi connectivity index (χ0n) is 8.87. The van der Waals surface area contributed by atoms with Crippen molar-refractivity contribution in [3.05, 3.63) is 42.2 Å². The van der Waals surface area contributed by atoms with E-state index in [1.807, 2.05) is 0 Å². The lowest BCUT2D eigenvalue weighted by molar-refractivity contribution is 0.0949. The molecule has 1 amide bonds. The highest BCUT2D eigenvalue weighted by molar-refractivity contribution is 5.93. The molecule has 2 heterocycles. The number of hydrogen-bond acceptors (Lipinski definition) is 6. The summed E-state index contributed by atoms with van der Waals surface area (Å²) in [4.78, 5) is 27.1. The van der Waals surface area contributed by atoms with Crippen LogP contribution in [-0.2, 0) is 6.54 Å². The second-order valence-electron chi connectivity index (χ2n) is 3.18. The molecule has 0 atom stereocenters. The lowest BCUT2D eigenvalue weighted by atomic mass is 10.3. The van der Waals surface area contributed by atoms with Gasteiger partial charge in [-0.3, -0.25) is 4.79 Å². The molecule has 0 bridgehead atoms. The van der Waals surface area contributed by atoms with Crippen molar-refractivity contribution in [3.8, 4) is 0 Å². The third-order valence-corrected chi connectivity index (χ3v) is 1.96. The first-order chi connectivity index (χ1) is 8.25. The average Bonchev–Trinajstić information content (AvgIpc) is 2.38. The molecule has 0 aliphatic rings. The molecule has 2 aromatic heterocycles. The van der Waals surface area contributed by atoms with E-state index in [1.54, 1.807) is 18.5 Å². The first-order valence-corrected chi connectivity index (χ1v) is 4.87. The Bertz CT molecular complexity index is 498. The normalized spacial score (nSPS) is 9.88. The van der Waals surface area contributed by atoms with Gasteiger partial charge in [-0.1, -0.05) is 0 Å². The van der Waals surface area contributed by atoms with Crippen molar-refractivity contribution in [3.63, 3.8) is 0 Å². The molecular formula is C10H10N6O. The van der Waals surface area contributed by atoms with E-state index in [2.05, 4.69) is 25.3 Å². The fraction of sp³-hybridized carbons (Fsp3) is 0.100. The molecule has 0 aliphatic carbocycles. The van der Waals surface area contributed by atoms with E-state index >= 15 is 0 Å². The van der Waals surface area contributed by atoms with Crippen LogP contribution in [0.1, 0.15) is 16.2 Å². The van der Waals surface area contributed by atoms with E-state index in [4.69, 9.17) is 5.73 Å². The molecule has 0 aromatic carbocycles. The van der Waals surface area contributed by atoms with Gasteiger partial charge in [-0.05, 0) is 6.07 Å². The smallest absolute Gasteiger partial charge is 0.254 e. The maximum Gasteiger partial charge on any atom is 0.254 e. The Morgan fingerprint density at radius 1 is 1.18 bits per heavy atom. The van der Waals surface area contributed by atoms with Crippen LogP contribution in [0.4, 0.5) is 5.95 Å². The Balaban J connectivity index is 1.96. The van der Waals surface area contributed by atoms with Crippen molar-refractivity contribution in [2.24, 2.45) is 0 Å². The van der Waals surface area contributed by atoms with Gasteiger partial charge in [0.25, 0.3) is 5.91 Å². The summed E-state index contributed by atoms with van der Waals surface area (Å²) in [6.45, 7) is 0.254. The van der Waals surface area contributed by atoms with Crippen molar-refractivity contribution in [1.82, 2.24) is 25.3 Å². The van der Waals surface area contributed by atoms with Gasteiger partial charge < -0.3 is 11.1 Å². The largest absolute Gasteiger partial charge is 0.368 e. The lowest BCUT2D eigenvalue weighted by Crippen LogP contribution is -2.24. The van der Waals surface area contributed by atoms with Crippen LogP contribution >= 0.6 is 0 Å². The summed E-state index contributed by atoms with van der Waals surface area (Å²) in [5, 5.41) is 2.65. The predicted molar refractivity (Wildman–Crippen MR) is 59.6 cm³/mol. The maximum atomic E-state index is 11.6. The minimum Gasteiger partial charge on any atom is -0.368 e. The van der Waals surface area contributed by atoms with Gasteiger partial charge >= 0.3 is 0 Å². The Morgan fingerprint density at radius 2 is 1.82 bits per heavy atom. The summed E-state index contributed by atoms with van der Waals surface area (Å²) in [6.07, 6.45) is 5.95. The fourth-order valence-corrected chi connectivity index (χ4v) is 1.14. The molecule has 0 saturated heterocycles. The predicted octanol–water partition coefficient (Wildman–Crippen LogP) is -0.221. The molecule has 0 fully saturated rings. The SMILES string of the molecule is Nc1ncc(C(=O)NCc2ncccn2)cn1.